The summed E-state index contributed by atoms with van der Waals surface area (Å²) >= 11 is 4.73. The number of hydrogen-bond donors (Lipinski definition) is 1. The summed E-state index contributed by atoms with van der Waals surface area (Å²) in [5.41, 5.74) is 5.59. The Morgan fingerprint density at radius 2 is 2.10 bits per heavy atom. The van der Waals surface area contributed by atoms with Gasteiger partial charge in [-0.05, 0) is 60.9 Å². The summed E-state index contributed by atoms with van der Waals surface area (Å²) in [6.07, 6.45) is 2.10. The molecule has 21 heavy (non-hydrogen) atoms. The van der Waals surface area contributed by atoms with E-state index in [4.69, 9.17) is 5.73 Å². The van der Waals surface area contributed by atoms with E-state index in [2.05, 4.69) is 27.9 Å². The summed E-state index contributed by atoms with van der Waals surface area (Å²) in [5.74, 6) is 0.437. The quantitative estimate of drug-likeness (QED) is 0.826. The van der Waals surface area contributed by atoms with Crippen molar-refractivity contribution in [3.05, 3.63) is 14.7 Å². The Labute approximate surface area is 139 Å². The number of rotatable bonds is 5. The fraction of sp³-hybridized carbons (Fsp3) is 0.692. The minimum absolute atomic E-state index is 0.336. The number of hydrogen-bond acceptors (Lipinski definition) is 5. The smallest absolute Gasteiger partial charge is 0.244 e. The molecule has 0 spiro atoms. The van der Waals surface area contributed by atoms with Crippen molar-refractivity contribution >= 4 is 37.3 Å². The van der Waals surface area contributed by atoms with Crippen LogP contribution in [-0.2, 0) is 16.6 Å². The van der Waals surface area contributed by atoms with E-state index < -0.39 is 10.0 Å². The third kappa shape index (κ3) is 4.05. The van der Waals surface area contributed by atoms with E-state index in [-0.39, 0.29) is 0 Å². The van der Waals surface area contributed by atoms with Crippen molar-refractivity contribution in [2.24, 2.45) is 11.7 Å². The Kier molecular flexibility index (Phi) is 5.84. The topological polar surface area (TPSA) is 66.6 Å². The summed E-state index contributed by atoms with van der Waals surface area (Å²) in [5, 5.41) is 0. The van der Waals surface area contributed by atoms with Crippen LogP contribution in [0.3, 0.4) is 0 Å². The second-order valence-electron chi connectivity index (χ2n) is 5.59. The van der Waals surface area contributed by atoms with Gasteiger partial charge in [-0.15, -0.1) is 11.3 Å². The third-order valence-electron chi connectivity index (χ3n) is 3.95. The maximum absolute atomic E-state index is 12.7. The minimum Gasteiger partial charge on any atom is -0.326 e. The van der Waals surface area contributed by atoms with Gasteiger partial charge in [-0.25, -0.2) is 12.7 Å². The number of halogens is 1. The second kappa shape index (κ2) is 7.06. The molecule has 0 amide bonds. The molecule has 0 radical (unpaired) electrons. The first-order valence-corrected chi connectivity index (χ1v) is 10.0. The molecular weight excluding hydrogens is 374 g/mol. The maximum Gasteiger partial charge on any atom is 0.244 e. The molecule has 120 valence electrons. The van der Waals surface area contributed by atoms with Gasteiger partial charge in [0.15, 0.2) is 0 Å². The number of likely N-dealkylation sites (tertiary alicyclic amines) is 1. The van der Waals surface area contributed by atoms with Crippen LogP contribution in [0.4, 0.5) is 0 Å². The van der Waals surface area contributed by atoms with E-state index in [1.54, 1.807) is 13.1 Å². The van der Waals surface area contributed by atoms with Gasteiger partial charge in [-0.3, -0.25) is 0 Å². The molecule has 0 unspecified atom stereocenters. The molecule has 1 fully saturated rings. The largest absolute Gasteiger partial charge is 0.326 e. The number of sulfonamides is 1. The highest BCUT2D eigenvalue weighted by Crippen LogP contribution is 2.33. The van der Waals surface area contributed by atoms with E-state index >= 15 is 0 Å². The molecule has 0 bridgehead atoms. The molecule has 2 heterocycles. The van der Waals surface area contributed by atoms with Crippen molar-refractivity contribution in [2.45, 2.75) is 24.3 Å². The minimum atomic E-state index is -3.44. The van der Waals surface area contributed by atoms with Crippen LogP contribution in [0.5, 0.6) is 0 Å². The Hall–Kier alpha value is 0.01000. The lowest BCUT2D eigenvalue weighted by Crippen LogP contribution is -2.37. The molecule has 5 nitrogen and oxygen atoms in total. The Bertz CT molecular complexity index is 580. The first kappa shape index (κ1) is 17.4. The Balaban J connectivity index is 2.09. The van der Waals surface area contributed by atoms with Crippen molar-refractivity contribution in [3.8, 4) is 0 Å². The molecule has 0 aromatic carbocycles. The highest BCUT2D eigenvalue weighted by molar-refractivity contribution is 9.11. The number of piperidine rings is 1. The van der Waals surface area contributed by atoms with Gasteiger partial charge in [0.2, 0.25) is 10.0 Å². The first-order chi connectivity index (χ1) is 9.84. The van der Waals surface area contributed by atoms with Gasteiger partial charge in [-0.2, -0.15) is 0 Å². The SMILES string of the molecule is CN1CCC(CN(C)S(=O)(=O)c2cc(CN)sc2Br)CC1. The molecule has 0 atom stereocenters. The number of nitrogens with zero attached hydrogens (tertiary/aromatic N) is 2. The van der Waals surface area contributed by atoms with Crippen LogP contribution in [0, 0.1) is 5.92 Å². The van der Waals surface area contributed by atoms with E-state index in [1.165, 1.54) is 15.6 Å². The fourth-order valence-electron chi connectivity index (χ4n) is 2.55. The zero-order chi connectivity index (χ0) is 15.6. The number of thiophene rings is 1. The van der Waals surface area contributed by atoms with Crippen molar-refractivity contribution in [3.63, 3.8) is 0 Å². The van der Waals surface area contributed by atoms with Crippen molar-refractivity contribution in [1.29, 1.82) is 0 Å². The fourth-order valence-corrected chi connectivity index (χ4v) is 6.30. The van der Waals surface area contributed by atoms with E-state index in [1.807, 2.05) is 0 Å². The van der Waals surface area contributed by atoms with Crippen LogP contribution in [0.1, 0.15) is 17.7 Å². The normalized spacial score (nSPS) is 18.5. The van der Waals surface area contributed by atoms with Crippen LogP contribution in [-0.4, -0.2) is 51.4 Å². The highest BCUT2D eigenvalue weighted by atomic mass is 79.9. The number of nitrogens with two attached hydrogens (primary N) is 1. The predicted octanol–water partition coefficient (Wildman–Crippen LogP) is 1.93. The van der Waals surface area contributed by atoms with Crippen LogP contribution in [0.2, 0.25) is 0 Å². The average molecular weight is 396 g/mol. The molecular formula is C13H22BrN3O2S2. The monoisotopic (exact) mass is 395 g/mol. The lowest BCUT2D eigenvalue weighted by molar-refractivity contribution is 0.202. The zero-order valence-corrected chi connectivity index (χ0v) is 15.6. The highest BCUT2D eigenvalue weighted by Gasteiger charge is 2.28. The summed E-state index contributed by atoms with van der Waals surface area (Å²) in [6, 6.07) is 1.68. The molecule has 1 aromatic rings. The van der Waals surface area contributed by atoms with E-state index in [9.17, 15) is 8.42 Å². The van der Waals surface area contributed by atoms with Gasteiger partial charge in [-0.1, -0.05) is 0 Å². The van der Waals surface area contributed by atoms with E-state index in [0.717, 1.165) is 30.8 Å². The van der Waals surface area contributed by atoms with Gasteiger partial charge in [0.25, 0.3) is 0 Å². The molecule has 8 heteroatoms. The van der Waals surface area contributed by atoms with E-state index in [0.29, 0.717) is 27.7 Å². The van der Waals surface area contributed by atoms with Crippen molar-refractivity contribution in [1.82, 2.24) is 9.21 Å². The van der Waals surface area contributed by atoms with Gasteiger partial charge in [0, 0.05) is 25.0 Å². The standard InChI is InChI=1S/C13H22BrN3O2S2/c1-16-5-3-10(4-6-16)9-17(2)21(18,19)12-7-11(8-15)20-13(12)14/h7,10H,3-6,8-9,15H2,1-2H3. The second-order valence-corrected chi connectivity index (χ2v) is 10.1. The van der Waals surface area contributed by atoms with Crippen LogP contribution in [0.25, 0.3) is 0 Å². The zero-order valence-electron chi connectivity index (χ0n) is 12.4. The average Bonchev–Trinajstić information content (AvgIpc) is 2.83. The lowest BCUT2D eigenvalue weighted by atomic mass is 9.97. The van der Waals surface area contributed by atoms with Gasteiger partial charge < -0.3 is 10.6 Å². The molecule has 1 aliphatic heterocycles. The van der Waals surface area contributed by atoms with Gasteiger partial charge >= 0.3 is 0 Å². The Morgan fingerprint density at radius 3 is 2.62 bits per heavy atom. The third-order valence-corrected chi connectivity index (χ3v) is 8.05. The van der Waals surface area contributed by atoms with Gasteiger partial charge in [0.1, 0.15) is 4.90 Å². The Morgan fingerprint density at radius 1 is 1.48 bits per heavy atom. The summed E-state index contributed by atoms with van der Waals surface area (Å²) in [6.45, 7) is 3.02. The molecule has 0 aliphatic carbocycles. The van der Waals surface area contributed by atoms with Crippen LogP contribution < -0.4 is 5.73 Å². The summed E-state index contributed by atoms with van der Waals surface area (Å²) in [4.78, 5) is 3.49. The van der Waals surface area contributed by atoms with Gasteiger partial charge in [0.05, 0.1) is 3.79 Å². The van der Waals surface area contributed by atoms with Crippen LogP contribution >= 0.6 is 27.3 Å². The van der Waals surface area contributed by atoms with Crippen LogP contribution in [0.15, 0.2) is 14.7 Å². The maximum atomic E-state index is 12.7. The lowest BCUT2D eigenvalue weighted by Gasteiger charge is -2.31. The van der Waals surface area contributed by atoms with Crippen molar-refractivity contribution in [2.75, 3.05) is 33.7 Å². The predicted molar refractivity (Wildman–Crippen MR) is 89.9 cm³/mol. The molecule has 0 saturated carbocycles. The molecule has 1 aromatic heterocycles. The molecule has 1 saturated heterocycles. The molecule has 1 aliphatic rings. The molecule has 2 N–H and O–H groups in total. The summed E-state index contributed by atoms with van der Waals surface area (Å²) < 4.78 is 27.5. The molecule has 2 rings (SSSR count). The first-order valence-electron chi connectivity index (χ1n) is 6.97. The van der Waals surface area contributed by atoms with Crippen molar-refractivity contribution < 1.29 is 8.42 Å². The summed E-state index contributed by atoms with van der Waals surface area (Å²) in [7, 11) is 0.327.